The predicted octanol–water partition coefficient (Wildman–Crippen LogP) is 1.09. The van der Waals surface area contributed by atoms with Crippen LogP contribution in [0.1, 0.15) is 27.2 Å². The predicted molar refractivity (Wildman–Crippen MR) is 88.6 cm³/mol. The first kappa shape index (κ1) is 20.9. The number of azide groups is 1. The molecule has 0 saturated heterocycles. The topological polar surface area (TPSA) is 145 Å². The molecule has 24 heavy (non-hydrogen) atoms. The zero-order valence-electron chi connectivity index (χ0n) is 14.9. The van der Waals surface area contributed by atoms with Gasteiger partial charge in [0.25, 0.3) is 0 Å². The van der Waals surface area contributed by atoms with Crippen LogP contribution in [0.25, 0.3) is 10.4 Å². The molecule has 3 N–H and O–H groups in total. The number of carbonyl (C=O) groups excluding carboxylic acids is 1. The Kier molecular flexibility index (Phi) is 6.08. The summed E-state index contributed by atoms with van der Waals surface area (Å²) in [6.07, 6.45) is -4.91. The molecule has 0 aromatic carbocycles. The zero-order chi connectivity index (χ0) is 18.9. The van der Waals surface area contributed by atoms with E-state index in [0.717, 1.165) is 7.11 Å². The SMILES string of the molecule is COC(=O)[C@@]1(O[Si](C)(C)C(C)(C)C)C[C@@H](O)[C@H](O)[C@H](N=[N+]=[N-])[C@H]1O. The van der Waals surface area contributed by atoms with Gasteiger partial charge in [0, 0.05) is 11.3 Å². The summed E-state index contributed by atoms with van der Waals surface area (Å²) in [6.45, 7) is 9.62. The zero-order valence-corrected chi connectivity index (χ0v) is 15.9. The molecule has 1 saturated carbocycles. The molecule has 0 spiro atoms. The fraction of sp³-hybridized carbons (Fsp3) is 0.929. The molecule has 0 amide bonds. The Morgan fingerprint density at radius 1 is 1.33 bits per heavy atom. The van der Waals surface area contributed by atoms with Gasteiger partial charge in [-0.2, -0.15) is 0 Å². The number of nitrogens with zero attached hydrogens (tertiary/aromatic N) is 3. The van der Waals surface area contributed by atoms with E-state index in [1.165, 1.54) is 0 Å². The Balaban J connectivity index is 3.44. The van der Waals surface area contributed by atoms with Crippen molar-refractivity contribution in [1.82, 2.24) is 0 Å². The van der Waals surface area contributed by atoms with Crippen molar-refractivity contribution in [3.05, 3.63) is 10.4 Å². The van der Waals surface area contributed by atoms with E-state index in [1.54, 1.807) is 0 Å². The second-order valence-corrected chi connectivity index (χ2v) is 12.4. The normalized spacial score (nSPS) is 34.4. The fourth-order valence-electron chi connectivity index (χ4n) is 2.56. The van der Waals surface area contributed by atoms with E-state index >= 15 is 0 Å². The number of esters is 1. The van der Waals surface area contributed by atoms with Crippen LogP contribution in [0.4, 0.5) is 0 Å². The highest BCUT2D eigenvalue weighted by Gasteiger charge is 2.61. The summed E-state index contributed by atoms with van der Waals surface area (Å²) in [5, 5.41) is 33.9. The minimum atomic E-state index is -2.58. The smallest absolute Gasteiger partial charge is 0.339 e. The molecule has 0 heterocycles. The number of ether oxygens (including phenoxy) is 1. The van der Waals surface area contributed by atoms with Gasteiger partial charge < -0.3 is 24.5 Å². The van der Waals surface area contributed by atoms with Crippen LogP contribution in [0.2, 0.25) is 18.1 Å². The highest BCUT2D eigenvalue weighted by atomic mass is 28.4. The Morgan fingerprint density at radius 3 is 2.29 bits per heavy atom. The van der Waals surface area contributed by atoms with Crippen molar-refractivity contribution in [3.8, 4) is 0 Å². The van der Waals surface area contributed by atoms with Crippen LogP contribution in [0, 0.1) is 0 Å². The molecule has 0 bridgehead atoms. The van der Waals surface area contributed by atoms with Crippen molar-refractivity contribution in [2.24, 2.45) is 5.11 Å². The highest BCUT2D eigenvalue weighted by Crippen LogP contribution is 2.44. The third kappa shape index (κ3) is 3.58. The van der Waals surface area contributed by atoms with E-state index in [-0.39, 0.29) is 11.5 Å². The first-order valence-electron chi connectivity index (χ1n) is 7.71. The Hall–Kier alpha value is -1.16. The van der Waals surface area contributed by atoms with Crippen molar-refractivity contribution < 1.29 is 29.3 Å². The van der Waals surface area contributed by atoms with Crippen LogP contribution in [-0.2, 0) is 14.0 Å². The molecular weight excluding hydrogens is 334 g/mol. The van der Waals surface area contributed by atoms with E-state index in [4.69, 9.17) is 14.7 Å². The number of aliphatic hydroxyl groups excluding tert-OH is 3. The van der Waals surface area contributed by atoms with Gasteiger partial charge in [-0.3, -0.25) is 0 Å². The van der Waals surface area contributed by atoms with Gasteiger partial charge in [-0.1, -0.05) is 25.9 Å². The molecule has 0 unspecified atom stereocenters. The average molecular weight is 361 g/mol. The molecule has 138 valence electrons. The quantitative estimate of drug-likeness (QED) is 0.225. The molecule has 0 aromatic rings. The summed E-state index contributed by atoms with van der Waals surface area (Å²) in [7, 11) is -1.43. The Morgan fingerprint density at radius 2 is 1.88 bits per heavy atom. The minimum absolute atomic E-state index is 0.289. The van der Waals surface area contributed by atoms with Gasteiger partial charge in [-0.05, 0) is 23.7 Å². The first-order valence-corrected chi connectivity index (χ1v) is 10.6. The molecule has 1 rings (SSSR count). The van der Waals surface area contributed by atoms with E-state index in [2.05, 4.69) is 10.0 Å². The molecule has 9 nitrogen and oxygen atoms in total. The molecular formula is C14H27N3O6Si. The second kappa shape index (κ2) is 6.99. The summed E-state index contributed by atoms with van der Waals surface area (Å²) < 4.78 is 11.0. The molecule has 1 aliphatic rings. The fourth-order valence-corrected chi connectivity index (χ4v) is 4.07. The van der Waals surface area contributed by atoms with Crippen LogP contribution in [-0.4, -0.2) is 66.7 Å². The van der Waals surface area contributed by atoms with Crippen molar-refractivity contribution in [2.75, 3.05) is 7.11 Å². The van der Waals surface area contributed by atoms with E-state index in [9.17, 15) is 20.1 Å². The van der Waals surface area contributed by atoms with Gasteiger partial charge in [0.05, 0.1) is 25.4 Å². The van der Waals surface area contributed by atoms with E-state index < -0.39 is 44.2 Å². The van der Waals surface area contributed by atoms with Crippen molar-refractivity contribution in [2.45, 2.75) is 75.3 Å². The maximum atomic E-state index is 12.5. The largest absolute Gasteiger partial charge is 0.467 e. The lowest BCUT2D eigenvalue weighted by molar-refractivity contribution is -0.199. The van der Waals surface area contributed by atoms with Crippen molar-refractivity contribution in [1.29, 1.82) is 0 Å². The summed E-state index contributed by atoms with van der Waals surface area (Å²) in [5.74, 6) is -0.871. The second-order valence-electron chi connectivity index (χ2n) is 7.65. The average Bonchev–Trinajstić information content (AvgIpc) is 2.46. The van der Waals surface area contributed by atoms with Crippen molar-refractivity contribution in [3.63, 3.8) is 0 Å². The maximum absolute atomic E-state index is 12.5. The maximum Gasteiger partial charge on any atom is 0.339 e. The van der Waals surface area contributed by atoms with Gasteiger partial charge in [-0.25, -0.2) is 4.79 Å². The molecule has 0 aliphatic heterocycles. The standard InChI is InChI=1S/C14H27N3O6Si/c1-13(2,3)24(5,6)23-14(12(21)22-4)7-8(18)10(19)9(11(14)20)16-17-15/h8-11,18-20H,7H2,1-6H3/t8-,9+,10+,11-,14-/m1/s1. The first-order chi connectivity index (χ1) is 10.8. The van der Waals surface area contributed by atoms with Gasteiger partial charge in [0.2, 0.25) is 0 Å². The molecule has 1 fully saturated rings. The summed E-state index contributed by atoms with van der Waals surface area (Å²) >= 11 is 0. The number of carbonyl (C=O) groups is 1. The van der Waals surface area contributed by atoms with E-state index in [1.807, 2.05) is 33.9 Å². The lowest BCUT2D eigenvalue weighted by Gasteiger charge is -2.51. The number of methoxy groups -OCH3 is 1. The molecule has 0 aromatic heterocycles. The Bertz CT molecular complexity index is 531. The molecule has 1 aliphatic carbocycles. The number of rotatable bonds is 4. The molecule has 10 heteroatoms. The monoisotopic (exact) mass is 361 g/mol. The van der Waals surface area contributed by atoms with Crippen LogP contribution < -0.4 is 0 Å². The van der Waals surface area contributed by atoms with Gasteiger partial charge in [-0.15, -0.1) is 0 Å². The van der Waals surface area contributed by atoms with Gasteiger partial charge in [0.1, 0.15) is 6.10 Å². The summed E-state index contributed by atoms with van der Waals surface area (Å²) in [5.41, 5.74) is 6.77. The number of aliphatic hydroxyl groups is 3. The number of hydrogen-bond acceptors (Lipinski definition) is 7. The molecule has 5 atom stereocenters. The number of hydrogen-bond donors (Lipinski definition) is 3. The molecule has 0 radical (unpaired) electrons. The van der Waals surface area contributed by atoms with Gasteiger partial charge in [0.15, 0.2) is 13.9 Å². The van der Waals surface area contributed by atoms with Crippen LogP contribution in [0.5, 0.6) is 0 Å². The van der Waals surface area contributed by atoms with Crippen LogP contribution in [0.15, 0.2) is 5.11 Å². The summed E-state index contributed by atoms with van der Waals surface area (Å²) in [6, 6.07) is -1.43. The lowest BCUT2D eigenvalue weighted by Crippen LogP contribution is -2.69. The third-order valence-corrected chi connectivity index (χ3v) is 9.50. The van der Waals surface area contributed by atoms with Crippen LogP contribution in [0.3, 0.4) is 0 Å². The minimum Gasteiger partial charge on any atom is -0.467 e. The third-order valence-electron chi connectivity index (χ3n) is 5.02. The van der Waals surface area contributed by atoms with Crippen molar-refractivity contribution >= 4 is 14.3 Å². The lowest BCUT2D eigenvalue weighted by atomic mass is 9.76. The van der Waals surface area contributed by atoms with Crippen LogP contribution >= 0.6 is 0 Å². The van der Waals surface area contributed by atoms with E-state index in [0.29, 0.717) is 0 Å². The van der Waals surface area contributed by atoms with Gasteiger partial charge >= 0.3 is 5.97 Å². The summed E-state index contributed by atoms with van der Waals surface area (Å²) in [4.78, 5) is 15.1. The Labute approximate surface area is 142 Å². The highest BCUT2D eigenvalue weighted by molar-refractivity contribution is 6.74.